The molecule has 240 valence electrons. The van der Waals surface area contributed by atoms with Crippen LogP contribution in [-0.4, -0.2) is 4.57 Å². The molecule has 9 aromatic rings. The maximum absolute atomic E-state index is 2.51. The van der Waals surface area contributed by atoms with Crippen molar-refractivity contribution in [1.29, 1.82) is 0 Å². The van der Waals surface area contributed by atoms with Crippen molar-refractivity contribution in [2.24, 2.45) is 0 Å². The first-order valence-electron chi connectivity index (χ1n) is 17.4. The SMILES string of the molecule is CC(C)(C)c1ccc2c(c1)c1cc(N(c3ccccc3)c3ccccc3-c3ccccc3)ccc1n2-c1c2ccccc2cc2ccccc12. The minimum Gasteiger partial charge on any atom is -0.310 e. The molecule has 2 nitrogen and oxygen atoms in total. The Morgan fingerprint density at radius 2 is 1.00 bits per heavy atom. The van der Waals surface area contributed by atoms with Crippen LogP contribution in [0.4, 0.5) is 17.1 Å². The van der Waals surface area contributed by atoms with Crippen LogP contribution in [0.2, 0.25) is 0 Å². The van der Waals surface area contributed by atoms with E-state index in [9.17, 15) is 0 Å². The molecule has 0 saturated heterocycles. The van der Waals surface area contributed by atoms with Gasteiger partial charge in [0, 0.05) is 38.5 Å². The first kappa shape index (κ1) is 30.0. The molecule has 0 radical (unpaired) electrons. The van der Waals surface area contributed by atoms with Crippen molar-refractivity contribution in [2.75, 3.05) is 4.90 Å². The minimum absolute atomic E-state index is 0.0110. The lowest BCUT2D eigenvalue weighted by Gasteiger charge is -2.28. The average Bonchev–Trinajstić information content (AvgIpc) is 3.47. The quantitative estimate of drug-likeness (QED) is 0.170. The number of para-hydroxylation sites is 2. The summed E-state index contributed by atoms with van der Waals surface area (Å²) in [5.41, 5.74) is 10.7. The molecule has 0 bridgehead atoms. The van der Waals surface area contributed by atoms with Crippen molar-refractivity contribution >= 4 is 60.4 Å². The Morgan fingerprint density at radius 1 is 0.440 bits per heavy atom. The summed E-state index contributed by atoms with van der Waals surface area (Å²) in [6.45, 7) is 6.90. The molecule has 0 aliphatic rings. The first-order chi connectivity index (χ1) is 24.5. The van der Waals surface area contributed by atoms with Crippen molar-refractivity contribution in [2.45, 2.75) is 26.2 Å². The molecular formula is C48H38N2. The highest BCUT2D eigenvalue weighted by Crippen LogP contribution is 2.45. The maximum atomic E-state index is 2.51. The minimum atomic E-state index is 0.0110. The molecule has 50 heavy (non-hydrogen) atoms. The summed E-state index contributed by atoms with van der Waals surface area (Å²) in [5, 5.41) is 7.47. The van der Waals surface area contributed by atoms with Gasteiger partial charge in [0.25, 0.3) is 0 Å². The van der Waals surface area contributed by atoms with E-state index in [-0.39, 0.29) is 5.41 Å². The lowest BCUT2D eigenvalue weighted by molar-refractivity contribution is 0.591. The van der Waals surface area contributed by atoms with E-state index in [0.29, 0.717) is 0 Å². The smallest absolute Gasteiger partial charge is 0.0618 e. The zero-order valence-electron chi connectivity index (χ0n) is 28.6. The molecule has 0 aliphatic heterocycles. The second kappa shape index (κ2) is 11.8. The zero-order valence-corrected chi connectivity index (χ0v) is 28.6. The molecule has 0 saturated carbocycles. The number of benzene rings is 8. The lowest BCUT2D eigenvalue weighted by atomic mass is 9.86. The van der Waals surface area contributed by atoms with Crippen LogP contribution in [0.1, 0.15) is 26.3 Å². The molecule has 1 aromatic heterocycles. The Balaban J connectivity index is 1.38. The molecule has 0 amide bonds. The van der Waals surface area contributed by atoms with E-state index >= 15 is 0 Å². The number of fused-ring (bicyclic) bond motifs is 5. The Bertz CT molecular complexity index is 2620. The zero-order chi connectivity index (χ0) is 33.8. The molecule has 0 unspecified atom stereocenters. The fourth-order valence-corrected chi connectivity index (χ4v) is 7.62. The summed E-state index contributed by atoms with van der Waals surface area (Å²) < 4.78 is 2.51. The maximum Gasteiger partial charge on any atom is 0.0618 e. The second-order valence-electron chi connectivity index (χ2n) is 14.2. The molecule has 0 fully saturated rings. The van der Waals surface area contributed by atoms with Crippen LogP contribution in [0.25, 0.3) is 60.2 Å². The number of aromatic nitrogens is 1. The van der Waals surface area contributed by atoms with Crippen molar-refractivity contribution in [3.05, 3.63) is 181 Å². The Kier molecular flexibility index (Phi) is 7.07. The third-order valence-corrected chi connectivity index (χ3v) is 10.1. The highest BCUT2D eigenvalue weighted by atomic mass is 15.1. The van der Waals surface area contributed by atoms with Gasteiger partial charge in [-0.3, -0.25) is 0 Å². The summed E-state index contributed by atoms with van der Waals surface area (Å²) in [6.07, 6.45) is 0. The summed E-state index contributed by atoms with van der Waals surface area (Å²) in [7, 11) is 0. The molecule has 8 aromatic carbocycles. The fourth-order valence-electron chi connectivity index (χ4n) is 7.62. The van der Waals surface area contributed by atoms with Crippen LogP contribution in [0.15, 0.2) is 176 Å². The van der Waals surface area contributed by atoms with E-state index in [4.69, 9.17) is 0 Å². The Morgan fingerprint density at radius 3 is 1.68 bits per heavy atom. The monoisotopic (exact) mass is 642 g/mol. The molecule has 0 aliphatic carbocycles. The van der Waals surface area contributed by atoms with Crippen LogP contribution in [0.3, 0.4) is 0 Å². The van der Waals surface area contributed by atoms with Gasteiger partial charge in [-0.1, -0.05) is 142 Å². The van der Waals surface area contributed by atoms with Crippen LogP contribution in [0, 0.1) is 0 Å². The van der Waals surface area contributed by atoms with Crippen molar-refractivity contribution < 1.29 is 0 Å². The second-order valence-corrected chi connectivity index (χ2v) is 14.2. The molecule has 2 heteroatoms. The van der Waals surface area contributed by atoms with Crippen molar-refractivity contribution in [1.82, 2.24) is 4.57 Å². The van der Waals surface area contributed by atoms with Gasteiger partial charge in [0.2, 0.25) is 0 Å². The van der Waals surface area contributed by atoms with Gasteiger partial charge < -0.3 is 9.47 Å². The van der Waals surface area contributed by atoms with Gasteiger partial charge in [0.05, 0.1) is 22.4 Å². The number of anilines is 3. The van der Waals surface area contributed by atoms with Crippen molar-refractivity contribution in [3.63, 3.8) is 0 Å². The lowest BCUT2D eigenvalue weighted by Crippen LogP contribution is -2.11. The Hall–Kier alpha value is -6.12. The third kappa shape index (κ3) is 4.95. The first-order valence-corrected chi connectivity index (χ1v) is 17.4. The number of nitrogens with zero attached hydrogens (tertiary/aromatic N) is 2. The highest BCUT2D eigenvalue weighted by molar-refractivity contribution is 6.15. The number of rotatable bonds is 5. The largest absolute Gasteiger partial charge is 0.310 e. The standard InChI is InChI=1S/C48H38N2/c1-48(2,3)36-26-28-45-42(31-36)43-32-38(49(37-20-8-5-9-21-37)44-25-15-14-22-39(44)33-16-6-4-7-17-33)27-29-46(43)50(45)47-40-23-12-10-18-34(40)30-35-19-11-13-24-41(35)47/h4-32H,1-3H3. The molecular weight excluding hydrogens is 605 g/mol. The molecule has 9 rings (SSSR count). The summed E-state index contributed by atoms with van der Waals surface area (Å²) in [5.74, 6) is 0. The van der Waals surface area contributed by atoms with Gasteiger partial charge in [-0.2, -0.15) is 0 Å². The van der Waals surface area contributed by atoms with Crippen LogP contribution in [0.5, 0.6) is 0 Å². The topological polar surface area (TPSA) is 8.17 Å². The molecule has 0 spiro atoms. The number of hydrogen-bond acceptors (Lipinski definition) is 1. The number of hydrogen-bond donors (Lipinski definition) is 0. The van der Waals surface area contributed by atoms with E-state index < -0.39 is 0 Å². The summed E-state index contributed by atoms with van der Waals surface area (Å²) >= 11 is 0. The van der Waals surface area contributed by atoms with Gasteiger partial charge in [-0.15, -0.1) is 0 Å². The van der Waals surface area contributed by atoms with Crippen LogP contribution >= 0.6 is 0 Å². The molecule has 1 heterocycles. The van der Waals surface area contributed by atoms with Crippen molar-refractivity contribution in [3.8, 4) is 16.8 Å². The van der Waals surface area contributed by atoms with E-state index in [2.05, 4.69) is 206 Å². The van der Waals surface area contributed by atoms with Crippen LogP contribution in [-0.2, 0) is 5.41 Å². The summed E-state index contributed by atoms with van der Waals surface area (Å²) in [6, 6.07) is 64.2. The molecule has 0 N–H and O–H groups in total. The van der Waals surface area contributed by atoms with Gasteiger partial charge in [-0.05, 0) is 81.9 Å². The normalized spacial score (nSPS) is 11.9. The fraction of sp³-hybridized carbons (Fsp3) is 0.0833. The third-order valence-electron chi connectivity index (χ3n) is 10.1. The van der Waals surface area contributed by atoms with Gasteiger partial charge in [-0.25, -0.2) is 0 Å². The van der Waals surface area contributed by atoms with Gasteiger partial charge >= 0.3 is 0 Å². The predicted molar refractivity (Wildman–Crippen MR) is 215 cm³/mol. The molecule has 0 atom stereocenters. The van der Waals surface area contributed by atoms with Crippen LogP contribution < -0.4 is 4.90 Å². The van der Waals surface area contributed by atoms with E-state index in [1.807, 2.05) is 0 Å². The van der Waals surface area contributed by atoms with Gasteiger partial charge in [0.15, 0.2) is 0 Å². The van der Waals surface area contributed by atoms with E-state index in [1.165, 1.54) is 65.7 Å². The highest BCUT2D eigenvalue weighted by Gasteiger charge is 2.23. The van der Waals surface area contributed by atoms with E-state index in [1.54, 1.807) is 0 Å². The Labute approximate surface area is 293 Å². The predicted octanol–water partition coefficient (Wildman–Crippen LogP) is 13.5. The summed E-state index contributed by atoms with van der Waals surface area (Å²) in [4.78, 5) is 2.41. The van der Waals surface area contributed by atoms with Gasteiger partial charge in [0.1, 0.15) is 0 Å². The average molecular weight is 643 g/mol. The van der Waals surface area contributed by atoms with E-state index in [0.717, 1.165) is 17.1 Å².